The summed E-state index contributed by atoms with van der Waals surface area (Å²) in [6.07, 6.45) is 2.02. The molecule has 2 N–H and O–H groups in total. The summed E-state index contributed by atoms with van der Waals surface area (Å²) in [6.45, 7) is 3.94. The lowest BCUT2D eigenvalue weighted by Gasteiger charge is -2.34. The van der Waals surface area contributed by atoms with E-state index in [2.05, 4.69) is 15.5 Å². The summed E-state index contributed by atoms with van der Waals surface area (Å²) >= 11 is 5.57. The minimum Gasteiger partial charge on any atom is -0.497 e. The Bertz CT molecular complexity index is 816. The van der Waals surface area contributed by atoms with Crippen LogP contribution < -0.4 is 15.4 Å². The molecule has 2 aromatic carbocycles. The molecule has 1 aliphatic rings. The van der Waals surface area contributed by atoms with Crippen LogP contribution >= 0.6 is 12.2 Å². The SMILES string of the molecule is CCOC(=O)c1ccc(NC(=S)N2CCC(Nc3ccc(OC)cc3)CC2)cc1. The van der Waals surface area contributed by atoms with Crippen LogP contribution in [0, 0.1) is 0 Å². The molecule has 0 amide bonds. The van der Waals surface area contributed by atoms with Crippen LogP contribution in [0.2, 0.25) is 0 Å². The van der Waals surface area contributed by atoms with Gasteiger partial charge in [0.2, 0.25) is 0 Å². The highest BCUT2D eigenvalue weighted by molar-refractivity contribution is 7.80. The average Bonchev–Trinajstić information content (AvgIpc) is 2.75. The fraction of sp³-hybridized carbons (Fsp3) is 0.364. The Hall–Kier alpha value is -2.80. The summed E-state index contributed by atoms with van der Waals surface area (Å²) < 4.78 is 10.2. The standard InChI is InChI=1S/C22H27N3O3S/c1-3-28-21(26)16-4-6-18(7-5-16)24-22(29)25-14-12-19(13-15-25)23-17-8-10-20(27-2)11-9-17/h4-11,19,23H,3,12-15H2,1-2H3,(H,24,29). The van der Waals surface area contributed by atoms with Crippen molar-refractivity contribution in [2.45, 2.75) is 25.8 Å². The number of piperidine rings is 1. The van der Waals surface area contributed by atoms with Crippen LogP contribution in [0.3, 0.4) is 0 Å². The van der Waals surface area contributed by atoms with Gasteiger partial charge in [-0.05, 0) is 80.5 Å². The summed E-state index contributed by atoms with van der Waals surface area (Å²) in [4.78, 5) is 13.9. The molecule has 6 nitrogen and oxygen atoms in total. The maximum atomic E-state index is 11.7. The molecule has 0 radical (unpaired) electrons. The molecule has 0 unspecified atom stereocenters. The number of carbonyl (C=O) groups is 1. The second kappa shape index (κ2) is 10.1. The molecule has 0 aliphatic carbocycles. The van der Waals surface area contributed by atoms with E-state index in [-0.39, 0.29) is 5.97 Å². The first-order valence-corrected chi connectivity index (χ1v) is 10.2. The van der Waals surface area contributed by atoms with Crippen molar-refractivity contribution in [2.24, 2.45) is 0 Å². The van der Waals surface area contributed by atoms with Gasteiger partial charge in [-0.25, -0.2) is 4.79 Å². The van der Waals surface area contributed by atoms with Crippen molar-refractivity contribution < 1.29 is 14.3 Å². The van der Waals surface area contributed by atoms with Crippen molar-refractivity contribution in [3.05, 3.63) is 54.1 Å². The monoisotopic (exact) mass is 413 g/mol. The first kappa shape index (κ1) is 20.9. The fourth-order valence-corrected chi connectivity index (χ4v) is 3.56. The Morgan fingerprint density at radius 3 is 2.28 bits per heavy atom. The van der Waals surface area contributed by atoms with Crippen molar-refractivity contribution >= 4 is 34.7 Å². The van der Waals surface area contributed by atoms with Crippen LogP contribution in [0.25, 0.3) is 0 Å². The van der Waals surface area contributed by atoms with Crippen LogP contribution in [0.4, 0.5) is 11.4 Å². The number of rotatable bonds is 6. The van der Waals surface area contributed by atoms with Gasteiger partial charge in [-0.2, -0.15) is 0 Å². The van der Waals surface area contributed by atoms with Crippen LogP contribution in [-0.2, 0) is 4.74 Å². The molecule has 0 atom stereocenters. The molecule has 7 heteroatoms. The molecule has 1 aliphatic heterocycles. The number of likely N-dealkylation sites (tertiary alicyclic amines) is 1. The van der Waals surface area contributed by atoms with Gasteiger partial charge in [-0.1, -0.05) is 0 Å². The second-order valence-corrected chi connectivity index (χ2v) is 7.25. The largest absolute Gasteiger partial charge is 0.497 e. The van der Waals surface area contributed by atoms with E-state index in [4.69, 9.17) is 21.7 Å². The van der Waals surface area contributed by atoms with Crippen molar-refractivity contribution in [3.8, 4) is 5.75 Å². The number of nitrogens with one attached hydrogen (secondary N) is 2. The molecule has 0 saturated carbocycles. The minimum atomic E-state index is -0.312. The average molecular weight is 414 g/mol. The van der Waals surface area contributed by atoms with Gasteiger partial charge in [0.15, 0.2) is 5.11 Å². The molecule has 3 rings (SSSR count). The zero-order chi connectivity index (χ0) is 20.6. The fourth-order valence-electron chi connectivity index (χ4n) is 3.26. The summed E-state index contributed by atoms with van der Waals surface area (Å²) in [6, 6.07) is 15.6. The van der Waals surface area contributed by atoms with Crippen LogP contribution in [0.1, 0.15) is 30.1 Å². The summed E-state index contributed by atoms with van der Waals surface area (Å²) in [5, 5.41) is 7.54. The highest BCUT2D eigenvalue weighted by Crippen LogP contribution is 2.20. The third-order valence-electron chi connectivity index (χ3n) is 4.89. The topological polar surface area (TPSA) is 62.8 Å². The zero-order valence-corrected chi connectivity index (χ0v) is 17.6. The lowest BCUT2D eigenvalue weighted by Crippen LogP contribution is -2.44. The normalized spacial score (nSPS) is 14.2. The number of anilines is 2. The number of thiocarbonyl (C=S) groups is 1. The van der Waals surface area contributed by atoms with Gasteiger partial charge in [0.05, 0.1) is 19.3 Å². The van der Waals surface area contributed by atoms with Crippen molar-refractivity contribution in [1.82, 2.24) is 4.90 Å². The van der Waals surface area contributed by atoms with Gasteiger partial charge < -0.3 is 25.0 Å². The van der Waals surface area contributed by atoms with E-state index in [0.717, 1.165) is 43.1 Å². The minimum absolute atomic E-state index is 0.312. The molecule has 154 valence electrons. The molecule has 0 spiro atoms. The first-order valence-electron chi connectivity index (χ1n) is 9.82. The summed E-state index contributed by atoms with van der Waals surface area (Å²) in [7, 11) is 1.67. The van der Waals surface area contributed by atoms with Gasteiger partial charge in [-0.15, -0.1) is 0 Å². The maximum Gasteiger partial charge on any atom is 0.338 e. The van der Waals surface area contributed by atoms with E-state index in [1.807, 2.05) is 36.4 Å². The lowest BCUT2D eigenvalue weighted by atomic mass is 10.0. The molecule has 0 bridgehead atoms. The van der Waals surface area contributed by atoms with Crippen LogP contribution in [-0.4, -0.2) is 48.8 Å². The molecular formula is C22H27N3O3S. The molecular weight excluding hydrogens is 386 g/mol. The molecule has 1 fully saturated rings. The van der Waals surface area contributed by atoms with Crippen molar-refractivity contribution in [3.63, 3.8) is 0 Å². The van der Waals surface area contributed by atoms with E-state index in [9.17, 15) is 4.79 Å². The van der Waals surface area contributed by atoms with Gasteiger partial charge >= 0.3 is 5.97 Å². The van der Waals surface area contributed by atoms with Gasteiger partial charge in [0.1, 0.15) is 5.75 Å². The summed E-state index contributed by atoms with van der Waals surface area (Å²) in [5.41, 5.74) is 2.50. The van der Waals surface area contributed by atoms with Gasteiger partial charge in [0, 0.05) is 30.5 Å². The quantitative estimate of drug-likeness (QED) is 0.545. The van der Waals surface area contributed by atoms with E-state index < -0.39 is 0 Å². The third kappa shape index (κ3) is 5.84. The first-order chi connectivity index (χ1) is 14.1. The Balaban J connectivity index is 1.46. The number of ether oxygens (including phenoxy) is 2. The van der Waals surface area contributed by atoms with Gasteiger partial charge in [0.25, 0.3) is 0 Å². The molecule has 0 aromatic heterocycles. The lowest BCUT2D eigenvalue weighted by molar-refractivity contribution is 0.0526. The maximum absolute atomic E-state index is 11.7. The predicted molar refractivity (Wildman–Crippen MR) is 120 cm³/mol. The Morgan fingerprint density at radius 2 is 1.69 bits per heavy atom. The third-order valence-corrected chi connectivity index (χ3v) is 5.25. The van der Waals surface area contributed by atoms with E-state index >= 15 is 0 Å². The Labute approximate surface area is 177 Å². The zero-order valence-electron chi connectivity index (χ0n) is 16.8. The van der Waals surface area contributed by atoms with E-state index in [0.29, 0.717) is 23.3 Å². The van der Waals surface area contributed by atoms with Crippen LogP contribution in [0.15, 0.2) is 48.5 Å². The number of esters is 1. The van der Waals surface area contributed by atoms with Crippen molar-refractivity contribution in [1.29, 1.82) is 0 Å². The highest BCUT2D eigenvalue weighted by Gasteiger charge is 2.21. The highest BCUT2D eigenvalue weighted by atomic mass is 32.1. The Morgan fingerprint density at radius 1 is 1.07 bits per heavy atom. The second-order valence-electron chi connectivity index (χ2n) is 6.86. The van der Waals surface area contributed by atoms with Gasteiger partial charge in [-0.3, -0.25) is 0 Å². The number of benzene rings is 2. The Kier molecular flexibility index (Phi) is 7.30. The van der Waals surface area contributed by atoms with E-state index in [1.165, 1.54) is 0 Å². The number of hydrogen-bond donors (Lipinski definition) is 2. The molecule has 1 heterocycles. The van der Waals surface area contributed by atoms with Crippen LogP contribution in [0.5, 0.6) is 5.75 Å². The number of carbonyl (C=O) groups excluding carboxylic acids is 1. The summed E-state index contributed by atoms with van der Waals surface area (Å²) in [5.74, 6) is 0.546. The smallest absolute Gasteiger partial charge is 0.338 e. The number of hydrogen-bond acceptors (Lipinski definition) is 5. The van der Waals surface area contributed by atoms with E-state index in [1.54, 1.807) is 26.2 Å². The van der Waals surface area contributed by atoms with Crippen molar-refractivity contribution in [2.75, 3.05) is 37.4 Å². The number of methoxy groups -OCH3 is 1. The molecule has 2 aromatic rings. The molecule has 29 heavy (non-hydrogen) atoms. The molecule has 1 saturated heterocycles. The number of nitrogens with zero attached hydrogens (tertiary/aromatic N) is 1. The predicted octanol–water partition coefficient (Wildman–Crippen LogP) is 4.15.